The van der Waals surface area contributed by atoms with Gasteiger partial charge in [0.25, 0.3) is 5.91 Å². The van der Waals surface area contributed by atoms with Crippen molar-refractivity contribution in [3.05, 3.63) is 58.6 Å². The molecule has 0 aromatic heterocycles. The first-order chi connectivity index (χ1) is 9.65. The summed E-state index contributed by atoms with van der Waals surface area (Å²) in [5.41, 5.74) is 1.31. The molecule has 0 radical (unpaired) electrons. The number of benzene rings is 2. The first kappa shape index (κ1) is 13.9. The van der Waals surface area contributed by atoms with Crippen LogP contribution in [0.5, 0.6) is 5.75 Å². The van der Waals surface area contributed by atoms with E-state index in [1.165, 1.54) is 7.11 Å². The average molecular weight is 287 g/mol. The van der Waals surface area contributed by atoms with Crippen LogP contribution in [0.1, 0.15) is 15.9 Å². The maximum atomic E-state index is 12.1. The van der Waals surface area contributed by atoms with Crippen molar-refractivity contribution in [2.45, 2.75) is 0 Å². The molecular formula is C15H11ClN2O2. The van der Waals surface area contributed by atoms with Crippen molar-refractivity contribution in [2.24, 2.45) is 0 Å². The number of hydrogen-bond acceptors (Lipinski definition) is 3. The number of rotatable bonds is 3. The molecule has 2 rings (SSSR count). The molecule has 0 saturated heterocycles. The number of anilines is 1. The van der Waals surface area contributed by atoms with Crippen LogP contribution in [0.15, 0.2) is 42.5 Å². The second kappa shape index (κ2) is 6.09. The summed E-state index contributed by atoms with van der Waals surface area (Å²) >= 11 is 5.97. The quantitative estimate of drug-likeness (QED) is 0.939. The Kier molecular flexibility index (Phi) is 4.24. The van der Waals surface area contributed by atoms with Gasteiger partial charge in [-0.15, -0.1) is 0 Å². The van der Waals surface area contributed by atoms with Crippen LogP contribution in [0.2, 0.25) is 5.02 Å². The zero-order chi connectivity index (χ0) is 14.5. The Hall–Kier alpha value is -2.51. The molecule has 5 heteroatoms. The molecule has 0 spiro atoms. The molecular weight excluding hydrogens is 276 g/mol. The molecule has 0 fully saturated rings. The normalized spacial score (nSPS) is 9.65. The van der Waals surface area contributed by atoms with Gasteiger partial charge in [-0.05, 0) is 24.3 Å². The van der Waals surface area contributed by atoms with Gasteiger partial charge >= 0.3 is 0 Å². The van der Waals surface area contributed by atoms with Crippen LogP contribution in [-0.4, -0.2) is 13.0 Å². The number of nitrogens with zero attached hydrogens (tertiary/aromatic N) is 1. The lowest BCUT2D eigenvalue weighted by Crippen LogP contribution is -2.13. The number of halogens is 1. The number of nitriles is 1. The molecule has 2 aromatic carbocycles. The zero-order valence-electron chi connectivity index (χ0n) is 10.7. The summed E-state index contributed by atoms with van der Waals surface area (Å²) in [5, 5.41) is 11.9. The Bertz CT molecular complexity index is 693. The number of methoxy groups -OCH3 is 1. The minimum absolute atomic E-state index is 0.335. The van der Waals surface area contributed by atoms with Gasteiger partial charge in [0.15, 0.2) is 0 Å². The highest BCUT2D eigenvalue weighted by Gasteiger charge is 2.12. The van der Waals surface area contributed by atoms with Crippen LogP contribution in [0.25, 0.3) is 0 Å². The first-order valence-electron chi connectivity index (χ1n) is 5.79. The second-order valence-corrected chi connectivity index (χ2v) is 4.37. The number of nitrogens with one attached hydrogen (secondary N) is 1. The minimum Gasteiger partial charge on any atom is -0.495 e. The van der Waals surface area contributed by atoms with Crippen molar-refractivity contribution in [1.82, 2.24) is 0 Å². The van der Waals surface area contributed by atoms with Crippen LogP contribution >= 0.6 is 11.6 Å². The van der Waals surface area contributed by atoms with Gasteiger partial charge in [0.1, 0.15) is 5.75 Å². The lowest BCUT2D eigenvalue weighted by atomic mass is 10.1. The molecule has 0 saturated carbocycles. The lowest BCUT2D eigenvalue weighted by Gasteiger charge is -2.11. The molecule has 0 bridgehead atoms. The lowest BCUT2D eigenvalue weighted by molar-refractivity contribution is 0.102. The van der Waals surface area contributed by atoms with E-state index < -0.39 is 0 Å². The van der Waals surface area contributed by atoms with Crippen molar-refractivity contribution in [3.63, 3.8) is 0 Å². The molecule has 0 unspecified atom stereocenters. The van der Waals surface area contributed by atoms with Gasteiger partial charge in [0.2, 0.25) is 0 Å². The summed E-state index contributed by atoms with van der Waals surface area (Å²) in [6, 6.07) is 13.5. The number of amides is 1. The Morgan fingerprint density at radius 2 is 2.05 bits per heavy atom. The first-order valence-corrected chi connectivity index (χ1v) is 6.17. The van der Waals surface area contributed by atoms with Crippen LogP contribution in [0.4, 0.5) is 5.69 Å². The largest absolute Gasteiger partial charge is 0.495 e. The molecule has 2 aromatic rings. The van der Waals surface area contributed by atoms with Crippen molar-refractivity contribution < 1.29 is 9.53 Å². The van der Waals surface area contributed by atoms with E-state index in [0.29, 0.717) is 27.6 Å². The summed E-state index contributed by atoms with van der Waals surface area (Å²) in [7, 11) is 1.47. The summed E-state index contributed by atoms with van der Waals surface area (Å²) < 4.78 is 5.16. The third-order valence-corrected chi connectivity index (χ3v) is 3.03. The van der Waals surface area contributed by atoms with Crippen LogP contribution in [0.3, 0.4) is 0 Å². The SMILES string of the molecule is COc1cc(C#N)ccc1NC(=O)c1ccccc1Cl. The van der Waals surface area contributed by atoms with E-state index >= 15 is 0 Å². The van der Waals surface area contributed by atoms with E-state index in [1.54, 1.807) is 42.5 Å². The van der Waals surface area contributed by atoms with Crippen molar-refractivity contribution >= 4 is 23.2 Å². The van der Waals surface area contributed by atoms with Gasteiger partial charge in [-0.1, -0.05) is 23.7 Å². The van der Waals surface area contributed by atoms with Gasteiger partial charge in [-0.2, -0.15) is 5.26 Å². The third-order valence-electron chi connectivity index (χ3n) is 2.70. The van der Waals surface area contributed by atoms with Crippen molar-refractivity contribution in [1.29, 1.82) is 5.26 Å². The fourth-order valence-corrected chi connectivity index (χ4v) is 1.92. The Morgan fingerprint density at radius 1 is 1.30 bits per heavy atom. The van der Waals surface area contributed by atoms with Crippen LogP contribution < -0.4 is 10.1 Å². The molecule has 0 heterocycles. The van der Waals surface area contributed by atoms with Crippen LogP contribution in [-0.2, 0) is 0 Å². The summed E-state index contributed by atoms with van der Waals surface area (Å²) in [6.07, 6.45) is 0. The van der Waals surface area contributed by atoms with E-state index in [2.05, 4.69) is 5.32 Å². The molecule has 0 aliphatic heterocycles. The van der Waals surface area contributed by atoms with E-state index in [4.69, 9.17) is 21.6 Å². The number of hydrogen-bond donors (Lipinski definition) is 1. The van der Waals surface area contributed by atoms with Crippen molar-refractivity contribution in [2.75, 3.05) is 12.4 Å². The topological polar surface area (TPSA) is 62.1 Å². The van der Waals surface area contributed by atoms with Gasteiger partial charge in [-0.3, -0.25) is 4.79 Å². The predicted molar refractivity (Wildman–Crippen MR) is 77.1 cm³/mol. The molecule has 0 aliphatic carbocycles. The van der Waals surface area contributed by atoms with Crippen molar-refractivity contribution in [3.8, 4) is 11.8 Å². The maximum Gasteiger partial charge on any atom is 0.257 e. The zero-order valence-corrected chi connectivity index (χ0v) is 11.4. The van der Waals surface area contributed by atoms with E-state index in [1.807, 2.05) is 6.07 Å². The molecule has 0 aliphatic rings. The fraction of sp³-hybridized carbons (Fsp3) is 0.0667. The summed E-state index contributed by atoms with van der Waals surface area (Å²) in [4.78, 5) is 12.1. The highest BCUT2D eigenvalue weighted by Crippen LogP contribution is 2.26. The number of carbonyl (C=O) groups excluding carboxylic acids is 1. The number of carbonyl (C=O) groups is 1. The maximum absolute atomic E-state index is 12.1. The Balaban J connectivity index is 2.29. The summed E-state index contributed by atoms with van der Waals surface area (Å²) in [6.45, 7) is 0. The Morgan fingerprint density at radius 3 is 2.70 bits per heavy atom. The standard InChI is InChI=1S/C15H11ClN2O2/c1-20-14-8-10(9-17)6-7-13(14)18-15(19)11-4-2-3-5-12(11)16/h2-8H,1H3,(H,18,19). The van der Waals surface area contributed by atoms with Gasteiger partial charge in [0.05, 0.1) is 35.0 Å². The van der Waals surface area contributed by atoms with Gasteiger partial charge in [0, 0.05) is 6.07 Å². The van der Waals surface area contributed by atoms with Gasteiger partial charge < -0.3 is 10.1 Å². The molecule has 20 heavy (non-hydrogen) atoms. The number of ether oxygens (including phenoxy) is 1. The predicted octanol–water partition coefficient (Wildman–Crippen LogP) is 3.47. The second-order valence-electron chi connectivity index (χ2n) is 3.96. The van der Waals surface area contributed by atoms with Crippen LogP contribution in [0, 0.1) is 11.3 Å². The van der Waals surface area contributed by atoms with E-state index in [0.717, 1.165) is 0 Å². The Labute approximate surface area is 121 Å². The smallest absolute Gasteiger partial charge is 0.257 e. The molecule has 1 N–H and O–H groups in total. The molecule has 100 valence electrons. The van der Waals surface area contributed by atoms with Gasteiger partial charge in [-0.25, -0.2) is 0 Å². The summed E-state index contributed by atoms with van der Waals surface area (Å²) in [5.74, 6) is 0.0862. The average Bonchev–Trinajstić information content (AvgIpc) is 2.48. The van der Waals surface area contributed by atoms with E-state index in [-0.39, 0.29) is 5.91 Å². The third kappa shape index (κ3) is 2.90. The molecule has 1 amide bonds. The van der Waals surface area contributed by atoms with E-state index in [9.17, 15) is 4.79 Å². The fourth-order valence-electron chi connectivity index (χ4n) is 1.70. The minimum atomic E-state index is -0.335. The highest BCUT2D eigenvalue weighted by atomic mass is 35.5. The highest BCUT2D eigenvalue weighted by molar-refractivity contribution is 6.34. The molecule has 0 atom stereocenters. The molecule has 4 nitrogen and oxygen atoms in total. The monoisotopic (exact) mass is 286 g/mol.